The van der Waals surface area contributed by atoms with Gasteiger partial charge in [0.25, 0.3) is 0 Å². The number of nitrogens with zero attached hydrogens (tertiary/aromatic N) is 2. The lowest BCUT2D eigenvalue weighted by Gasteiger charge is -2.09. The first-order valence-electron chi connectivity index (χ1n) is 9.58. The van der Waals surface area contributed by atoms with Crippen LogP contribution in [0.2, 0.25) is 0 Å². The topological polar surface area (TPSA) is 97.2 Å². The number of thioether (sulfide) groups is 1. The summed E-state index contributed by atoms with van der Waals surface area (Å²) in [7, 11) is -3.97. The molecule has 1 amide bonds. The summed E-state index contributed by atoms with van der Waals surface area (Å²) in [5, 5.41) is 11.1. The first kappa shape index (κ1) is 22.0. The van der Waals surface area contributed by atoms with E-state index >= 15 is 0 Å². The molecular formula is C21H23N3O4S2. The first-order chi connectivity index (χ1) is 14.4. The van der Waals surface area contributed by atoms with Crippen molar-refractivity contribution in [2.24, 2.45) is 10.2 Å². The van der Waals surface area contributed by atoms with Crippen LogP contribution in [0.4, 0.5) is 0 Å². The zero-order chi connectivity index (χ0) is 21.6. The number of hydrogen-bond donors (Lipinski definition) is 1. The highest BCUT2D eigenvalue weighted by Crippen LogP contribution is 2.25. The summed E-state index contributed by atoms with van der Waals surface area (Å²) in [6, 6.07) is 13.0. The van der Waals surface area contributed by atoms with Crippen LogP contribution in [0.1, 0.15) is 37.3 Å². The lowest BCUT2D eigenvalue weighted by molar-refractivity contribution is -0.118. The van der Waals surface area contributed by atoms with E-state index < -0.39 is 10.1 Å². The number of carbonyl (C=O) groups is 1. The van der Waals surface area contributed by atoms with Crippen LogP contribution < -0.4 is 9.50 Å². The Bertz CT molecular complexity index is 1070. The number of amidine groups is 1. The third kappa shape index (κ3) is 5.70. The molecular weight excluding hydrogens is 422 g/mol. The summed E-state index contributed by atoms with van der Waals surface area (Å²) >= 11 is 1.36. The Hall–Kier alpha value is -2.65. The number of unbranched alkanes of at least 4 members (excludes halogenated alkanes) is 1. The van der Waals surface area contributed by atoms with Crippen molar-refractivity contribution in [2.75, 3.05) is 0 Å². The molecule has 0 radical (unpaired) electrons. The van der Waals surface area contributed by atoms with Gasteiger partial charge >= 0.3 is 10.1 Å². The zero-order valence-corrected chi connectivity index (χ0v) is 18.4. The van der Waals surface area contributed by atoms with E-state index in [1.54, 1.807) is 36.4 Å². The summed E-state index contributed by atoms with van der Waals surface area (Å²) in [4.78, 5) is 12.0. The van der Waals surface area contributed by atoms with Gasteiger partial charge in [-0.2, -0.15) is 13.5 Å². The third-order valence-electron chi connectivity index (χ3n) is 4.34. The molecule has 1 saturated heterocycles. The molecule has 2 aromatic rings. The number of amides is 1. The van der Waals surface area contributed by atoms with E-state index in [0.29, 0.717) is 10.7 Å². The molecule has 0 unspecified atom stereocenters. The van der Waals surface area contributed by atoms with Crippen molar-refractivity contribution < 1.29 is 17.4 Å². The number of aryl methyl sites for hydroxylation is 1. The number of nitrogens with one attached hydrogen (secondary N) is 1. The smallest absolute Gasteiger partial charge is 0.339 e. The van der Waals surface area contributed by atoms with E-state index in [2.05, 4.69) is 22.4 Å². The highest BCUT2D eigenvalue weighted by atomic mass is 32.2. The van der Waals surface area contributed by atoms with Gasteiger partial charge < -0.3 is 9.50 Å². The highest BCUT2D eigenvalue weighted by molar-refractivity contribution is 8.15. The van der Waals surface area contributed by atoms with Crippen LogP contribution in [-0.4, -0.2) is 31.0 Å². The van der Waals surface area contributed by atoms with Crippen LogP contribution in [0.25, 0.3) is 0 Å². The monoisotopic (exact) mass is 445 g/mol. The predicted molar refractivity (Wildman–Crippen MR) is 120 cm³/mol. The van der Waals surface area contributed by atoms with Gasteiger partial charge in [0.05, 0.1) is 11.5 Å². The van der Waals surface area contributed by atoms with Gasteiger partial charge in [-0.1, -0.05) is 61.4 Å². The molecule has 1 aliphatic rings. The minimum atomic E-state index is -3.97. The first-order valence-corrected chi connectivity index (χ1v) is 11.9. The summed E-state index contributed by atoms with van der Waals surface area (Å²) in [6.45, 7) is 3.96. The maximum atomic E-state index is 12.5. The second-order valence-electron chi connectivity index (χ2n) is 6.78. The predicted octanol–water partition coefficient (Wildman–Crippen LogP) is 3.87. The summed E-state index contributed by atoms with van der Waals surface area (Å²) in [5.41, 5.74) is 1.38. The minimum Gasteiger partial charge on any atom is -0.378 e. The molecule has 0 bridgehead atoms. The summed E-state index contributed by atoms with van der Waals surface area (Å²) in [5.74, 6) is 0.0910. The van der Waals surface area contributed by atoms with E-state index in [0.717, 1.165) is 24.8 Å². The quantitative estimate of drug-likeness (QED) is 0.378. The van der Waals surface area contributed by atoms with Crippen LogP contribution in [0.15, 0.2) is 63.6 Å². The normalized spacial score (nSPS) is 18.1. The van der Waals surface area contributed by atoms with Crippen molar-refractivity contribution in [1.29, 1.82) is 0 Å². The molecule has 1 atom stereocenters. The number of hydrogen-bond acceptors (Lipinski definition) is 7. The van der Waals surface area contributed by atoms with E-state index in [-0.39, 0.29) is 21.8 Å². The maximum Gasteiger partial charge on any atom is 0.339 e. The van der Waals surface area contributed by atoms with Gasteiger partial charge in [0.15, 0.2) is 10.9 Å². The van der Waals surface area contributed by atoms with Gasteiger partial charge in [0.1, 0.15) is 4.90 Å². The average Bonchev–Trinajstić information content (AvgIpc) is 3.08. The Morgan fingerprint density at radius 2 is 1.97 bits per heavy atom. The van der Waals surface area contributed by atoms with Crippen molar-refractivity contribution in [3.05, 3.63) is 59.7 Å². The number of benzene rings is 2. The lowest BCUT2D eigenvalue weighted by Crippen LogP contribution is -2.24. The van der Waals surface area contributed by atoms with E-state index in [1.807, 2.05) is 6.92 Å². The fourth-order valence-corrected chi connectivity index (χ4v) is 4.72. The molecule has 1 aliphatic heterocycles. The standard InChI is InChI=1S/C21H23N3O4S2/c1-3-4-10-19-20(25)23-21(29-19)24-22-14-16-13-15(2)11-12-18(16)28-30(26,27)17-8-6-5-7-9-17/h5-9,11-14,19H,3-4,10H2,1-2H3,(H,23,24,25)/t19-/m0/s1. The SMILES string of the molecule is CCCC[C@@H]1SC(=NN=Cc2cc(C)ccc2OS(=O)(=O)c2ccccc2)NC1=O. The van der Waals surface area contributed by atoms with Crippen LogP contribution >= 0.6 is 11.8 Å². The Balaban J connectivity index is 1.77. The second-order valence-corrected chi connectivity index (χ2v) is 9.52. The van der Waals surface area contributed by atoms with E-state index in [1.165, 1.54) is 30.1 Å². The molecule has 0 aliphatic carbocycles. The van der Waals surface area contributed by atoms with E-state index in [9.17, 15) is 13.2 Å². The van der Waals surface area contributed by atoms with Crippen molar-refractivity contribution in [2.45, 2.75) is 43.3 Å². The molecule has 158 valence electrons. The maximum absolute atomic E-state index is 12.5. The molecule has 3 rings (SSSR count). The number of carbonyl (C=O) groups excluding carboxylic acids is 1. The van der Waals surface area contributed by atoms with Crippen LogP contribution in [-0.2, 0) is 14.9 Å². The van der Waals surface area contributed by atoms with E-state index in [4.69, 9.17) is 4.18 Å². The summed E-state index contributed by atoms with van der Waals surface area (Å²) in [6.07, 6.45) is 4.21. The van der Waals surface area contributed by atoms with Crippen LogP contribution in [0.3, 0.4) is 0 Å². The van der Waals surface area contributed by atoms with Crippen LogP contribution in [0, 0.1) is 6.92 Å². The Kier molecular flexibility index (Phi) is 7.28. The Labute approximate surface area is 180 Å². The molecule has 1 fully saturated rings. The largest absolute Gasteiger partial charge is 0.378 e. The van der Waals surface area contributed by atoms with Crippen molar-refractivity contribution in [1.82, 2.24) is 5.32 Å². The van der Waals surface area contributed by atoms with Gasteiger partial charge in [-0.05, 0) is 37.6 Å². The molecule has 0 spiro atoms. The second kappa shape index (κ2) is 9.90. The van der Waals surface area contributed by atoms with Gasteiger partial charge in [0, 0.05) is 5.56 Å². The van der Waals surface area contributed by atoms with Crippen molar-refractivity contribution in [3.8, 4) is 5.75 Å². The zero-order valence-electron chi connectivity index (χ0n) is 16.7. The molecule has 9 heteroatoms. The fourth-order valence-electron chi connectivity index (χ4n) is 2.77. The van der Waals surface area contributed by atoms with Gasteiger partial charge in [-0.25, -0.2) is 0 Å². The molecule has 7 nitrogen and oxygen atoms in total. The lowest BCUT2D eigenvalue weighted by atomic mass is 10.1. The highest BCUT2D eigenvalue weighted by Gasteiger charge is 2.29. The Morgan fingerprint density at radius 1 is 1.20 bits per heavy atom. The Morgan fingerprint density at radius 3 is 2.70 bits per heavy atom. The van der Waals surface area contributed by atoms with Gasteiger partial charge in [-0.15, -0.1) is 5.10 Å². The molecule has 0 aromatic heterocycles. The average molecular weight is 446 g/mol. The third-order valence-corrected chi connectivity index (χ3v) is 6.73. The van der Waals surface area contributed by atoms with Crippen molar-refractivity contribution in [3.63, 3.8) is 0 Å². The van der Waals surface area contributed by atoms with Gasteiger partial charge in [0.2, 0.25) is 5.91 Å². The molecule has 2 aromatic carbocycles. The van der Waals surface area contributed by atoms with Gasteiger partial charge in [-0.3, -0.25) is 4.79 Å². The molecule has 1 N–H and O–H groups in total. The molecule has 0 saturated carbocycles. The molecule has 1 heterocycles. The minimum absolute atomic E-state index is 0.0593. The van der Waals surface area contributed by atoms with Crippen LogP contribution in [0.5, 0.6) is 5.75 Å². The van der Waals surface area contributed by atoms with Crippen molar-refractivity contribution >= 4 is 39.2 Å². The molecule has 30 heavy (non-hydrogen) atoms. The fraction of sp³-hybridized carbons (Fsp3) is 0.286. The summed E-state index contributed by atoms with van der Waals surface area (Å²) < 4.78 is 30.4. The number of rotatable bonds is 8.